The Morgan fingerprint density at radius 3 is 1.80 bits per heavy atom. The van der Waals surface area contributed by atoms with Crippen molar-refractivity contribution < 1.29 is 9.59 Å². The molecule has 4 heteroatoms. The molecule has 0 rings (SSSR count). The van der Waals surface area contributed by atoms with Gasteiger partial charge in [-0.15, -0.1) is 11.6 Å². The Bertz CT molecular complexity index is 133. The monoisotopic (exact) mass is 163 g/mol. The van der Waals surface area contributed by atoms with Crippen LogP contribution in [0.3, 0.4) is 0 Å². The van der Waals surface area contributed by atoms with Crippen LogP contribution in [0, 0.1) is 0 Å². The van der Waals surface area contributed by atoms with Crippen LogP contribution in [0.4, 0.5) is 0 Å². The molecule has 58 valence electrons. The van der Waals surface area contributed by atoms with E-state index in [9.17, 15) is 9.59 Å². The van der Waals surface area contributed by atoms with E-state index in [0.29, 0.717) is 12.4 Å². The first kappa shape index (κ1) is 9.43. The molecule has 3 nitrogen and oxygen atoms in total. The molecule has 0 saturated heterocycles. The number of rotatable bonds is 2. The molecule has 0 N–H and O–H groups in total. The van der Waals surface area contributed by atoms with Gasteiger partial charge in [-0.1, -0.05) is 0 Å². The first-order chi connectivity index (χ1) is 4.59. The van der Waals surface area contributed by atoms with Gasteiger partial charge in [0.25, 0.3) is 0 Å². The zero-order valence-corrected chi connectivity index (χ0v) is 6.81. The van der Waals surface area contributed by atoms with Crippen LogP contribution in [-0.2, 0) is 9.59 Å². The normalized spacial score (nSPS) is 9.10. The summed E-state index contributed by atoms with van der Waals surface area (Å²) >= 11 is 5.34. The number of nitrogens with zero attached hydrogens (tertiary/aromatic N) is 1. The lowest BCUT2D eigenvalue weighted by molar-refractivity contribution is -0.141. The number of alkyl halides is 1. The summed E-state index contributed by atoms with van der Waals surface area (Å²) in [7, 11) is 0. The summed E-state index contributed by atoms with van der Waals surface area (Å²) < 4.78 is 0. The van der Waals surface area contributed by atoms with Crippen molar-refractivity contribution in [2.45, 2.75) is 13.8 Å². The molecule has 0 saturated carbocycles. The average Bonchev–Trinajstić information content (AvgIpc) is 1.81. The molecule has 0 unspecified atom stereocenters. The molecule has 0 heterocycles. The summed E-state index contributed by atoms with van der Waals surface area (Å²) in [6.07, 6.45) is 0. The van der Waals surface area contributed by atoms with Gasteiger partial charge in [0, 0.05) is 26.3 Å². The Labute approximate surface area is 65.0 Å². The smallest absolute Gasteiger partial charge is 0.226 e. The van der Waals surface area contributed by atoms with Crippen LogP contribution in [0.25, 0.3) is 0 Å². The average molecular weight is 164 g/mol. The van der Waals surface area contributed by atoms with Crippen molar-refractivity contribution in [3.8, 4) is 0 Å². The van der Waals surface area contributed by atoms with Gasteiger partial charge in [0.05, 0.1) is 0 Å². The quantitative estimate of drug-likeness (QED) is 0.560. The van der Waals surface area contributed by atoms with Gasteiger partial charge in [0.15, 0.2) is 0 Å². The van der Waals surface area contributed by atoms with Crippen molar-refractivity contribution in [1.29, 1.82) is 0 Å². The lowest BCUT2D eigenvalue weighted by atomic mass is 10.5. The fourth-order valence-electron chi connectivity index (χ4n) is 0.621. The lowest BCUT2D eigenvalue weighted by Gasteiger charge is -2.14. The van der Waals surface area contributed by atoms with Crippen LogP contribution in [0.2, 0.25) is 0 Å². The zero-order chi connectivity index (χ0) is 8.15. The van der Waals surface area contributed by atoms with Crippen LogP contribution in [0.5, 0.6) is 0 Å². The predicted molar refractivity (Wildman–Crippen MR) is 38.8 cm³/mol. The molecule has 0 aromatic carbocycles. The summed E-state index contributed by atoms with van der Waals surface area (Å²) in [5.41, 5.74) is 0. The highest BCUT2D eigenvalue weighted by Crippen LogP contribution is 1.91. The standard InChI is InChI=1S/C6H10ClNO2/c1-5(9)8(4-3-7)6(2)10/h3-4H2,1-2H3. The zero-order valence-electron chi connectivity index (χ0n) is 6.06. The summed E-state index contributed by atoms with van der Waals surface area (Å²) in [5, 5.41) is 0. The molecule has 0 bridgehead atoms. The predicted octanol–water partition coefficient (Wildman–Crippen LogP) is 0.620. The van der Waals surface area contributed by atoms with Crippen LogP contribution in [0.15, 0.2) is 0 Å². The topological polar surface area (TPSA) is 37.4 Å². The largest absolute Gasteiger partial charge is 0.282 e. The molecule has 0 radical (unpaired) electrons. The maximum Gasteiger partial charge on any atom is 0.226 e. The summed E-state index contributed by atoms with van der Waals surface area (Å²) in [6, 6.07) is 0. The summed E-state index contributed by atoms with van der Waals surface area (Å²) in [6.45, 7) is 2.98. The van der Waals surface area contributed by atoms with E-state index >= 15 is 0 Å². The maximum atomic E-state index is 10.6. The molecule has 0 aliphatic rings. The molecule has 0 aliphatic heterocycles. The Morgan fingerprint density at radius 1 is 1.30 bits per heavy atom. The Balaban J connectivity index is 3.98. The van der Waals surface area contributed by atoms with Crippen molar-refractivity contribution >= 4 is 23.4 Å². The number of carbonyl (C=O) groups is 2. The Hall–Kier alpha value is -0.570. The fraction of sp³-hybridized carbons (Fsp3) is 0.667. The molecule has 0 spiro atoms. The van der Waals surface area contributed by atoms with E-state index in [1.54, 1.807) is 0 Å². The van der Waals surface area contributed by atoms with Crippen molar-refractivity contribution in [3.63, 3.8) is 0 Å². The minimum absolute atomic E-state index is 0.256. The molecule has 0 fully saturated rings. The third-order valence-electron chi connectivity index (χ3n) is 1.07. The molecule has 0 aliphatic carbocycles. The van der Waals surface area contributed by atoms with Gasteiger partial charge >= 0.3 is 0 Å². The van der Waals surface area contributed by atoms with E-state index in [0.717, 1.165) is 4.90 Å². The summed E-state index contributed by atoms with van der Waals surface area (Å²) in [4.78, 5) is 22.3. The maximum absolute atomic E-state index is 10.6. The third kappa shape index (κ3) is 2.82. The highest BCUT2D eigenvalue weighted by Gasteiger charge is 2.11. The Kier molecular flexibility index (Phi) is 4.03. The SMILES string of the molecule is CC(=O)N(CCCl)C(C)=O. The van der Waals surface area contributed by atoms with Crippen LogP contribution in [-0.4, -0.2) is 29.1 Å². The van der Waals surface area contributed by atoms with Crippen molar-refractivity contribution in [1.82, 2.24) is 4.90 Å². The molecule has 0 atom stereocenters. The number of halogens is 1. The second kappa shape index (κ2) is 4.28. The fourth-order valence-corrected chi connectivity index (χ4v) is 0.790. The van der Waals surface area contributed by atoms with Crippen LogP contribution in [0.1, 0.15) is 13.8 Å². The summed E-state index contributed by atoms with van der Waals surface area (Å²) in [5.74, 6) is -0.222. The van der Waals surface area contributed by atoms with E-state index in [1.807, 2.05) is 0 Å². The second-order valence-corrected chi connectivity index (χ2v) is 2.26. The number of imide groups is 1. The van der Waals surface area contributed by atoms with Crippen molar-refractivity contribution in [2.24, 2.45) is 0 Å². The molecular formula is C6H10ClNO2. The van der Waals surface area contributed by atoms with E-state index in [4.69, 9.17) is 11.6 Å². The first-order valence-electron chi connectivity index (χ1n) is 2.94. The Morgan fingerprint density at radius 2 is 1.70 bits per heavy atom. The van der Waals surface area contributed by atoms with Gasteiger partial charge < -0.3 is 0 Å². The highest BCUT2D eigenvalue weighted by atomic mass is 35.5. The molecule has 0 aromatic rings. The van der Waals surface area contributed by atoms with Gasteiger partial charge in [-0.25, -0.2) is 0 Å². The second-order valence-electron chi connectivity index (χ2n) is 1.88. The third-order valence-corrected chi connectivity index (χ3v) is 1.24. The minimum atomic E-state index is -0.256. The number of amides is 2. The molecule has 10 heavy (non-hydrogen) atoms. The van der Waals surface area contributed by atoms with Crippen LogP contribution < -0.4 is 0 Å². The number of hydrogen-bond acceptors (Lipinski definition) is 2. The van der Waals surface area contributed by atoms with E-state index in [1.165, 1.54) is 13.8 Å². The van der Waals surface area contributed by atoms with Crippen molar-refractivity contribution in [3.05, 3.63) is 0 Å². The van der Waals surface area contributed by atoms with Gasteiger partial charge in [-0.05, 0) is 0 Å². The van der Waals surface area contributed by atoms with E-state index in [2.05, 4.69) is 0 Å². The van der Waals surface area contributed by atoms with Gasteiger partial charge in [-0.2, -0.15) is 0 Å². The van der Waals surface area contributed by atoms with E-state index < -0.39 is 0 Å². The van der Waals surface area contributed by atoms with Gasteiger partial charge in [0.2, 0.25) is 11.8 Å². The number of carbonyl (C=O) groups excluding carboxylic acids is 2. The van der Waals surface area contributed by atoms with E-state index in [-0.39, 0.29) is 11.8 Å². The van der Waals surface area contributed by atoms with Crippen LogP contribution >= 0.6 is 11.6 Å². The lowest BCUT2D eigenvalue weighted by Crippen LogP contribution is -2.34. The van der Waals surface area contributed by atoms with Gasteiger partial charge in [-0.3, -0.25) is 14.5 Å². The first-order valence-corrected chi connectivity index (χ1v) is 3.47. The molecule has 0 aromatic heterocycles. The molecule has 2 amide bonds. The van der Waals surface area contributed by atoms with Gasteiger partial charge in [0.1, 0.15) is 0 Å². The highest BCUT2D eigenvalue weighted by molar-refractivity contribution is 6.18. The molecular weight excluding hydrogens is 154 g/mol. The number of hydrogen-bond donors (Lipinski definition) is 0. The van der Waals surface area contributed by atoms with Crippen molar-refractivity contribution in [2.75, 3.05) is 12.4 Å². The minimum Gasteiger partial charge on any atom is -0.282 e.